The Balaban J connectivity index is 2.37. The smallest absolute Gasteiger partial charge is 0.327 e. The molecular weight excluding hydrogens is 318 g/mol. The molecule has 1 aliphatic heterocycles. The summed E-state index contributed by atoms with van der Waals surface area (Å²) in [7, 11) is 0. The Morgan fingerprint density at radius 3 is 2.55 bits per heavy atom. The van der Waals surface area contributed by atoms with Gasteiger partial charge in [-0.3, -0.25) is 9.69 Å². The first kappa shape index (κ1) is 16.7. The first-order chi connectivity index (χ1) is 10.3. The predicted octanol–water partition coefficient (Wildman–Crippen LogP) is 3.31. The third-order valence-electron chi connectivity index (χ3n) is 3.46. The van der Waals surface area contributed by atoms with E-state index in [1.54, 1.807) is 19.9 Å². The Kier molecular flexibility index (Phi) is 5.03. The number of rotatable bonds is 4. The average molecular weight is 335 g/mol. The topological polar surface area (TPSA) is 57.6 Å². The summed E-state index contributed by atoms with van der Waals surface area (Å²) in [6, 6.07) is 6.76. The fraction of sp³-hybridized carbons (Fsp3) is 0.312. The van der Waals surface area contributed by atoms with Crippen molar-refractivity contribution in [1.29, 1.82) is 0 Å². The molecule has 1 heterocycles. The van der Waals surface area contributed by atoms with E-state index in [1.807, 2.05) is 31.2 Å². The van der Waals surface area contributed by atoms with Gasteiger partial charge in [0.05, 0.1) is 4.91 Å². The summed E-state index contributed by atoms with van der Waals surface area (Å²) in [5, 5.41) is 9.38. The second-order valence-electron chi connectivity index (χ2n) is 5.44. The van der Waals surface area contributed by atoms with Gasteiger partial charge in [-0.05, 0) is 30.0 Å². The van der Waals surface area contributed by atoms with Crippen LogP contribution >= 0.6 is 24.0 Å². The number of carboxylic acids is 1. The monoisotopic (exact) mass is 335 g/mol. The van der Waals surface area contributed by atoms with E-state index in [-0.39, 0.29) is 11.8 Å². The number of thioether (sulfide) groups is 1. The van der Waals surface area contributed by atoms with Crippen LogP contribution in [0.4, 0.5) is 0 Å². The van der Waals surface area contributed by atoms with Gasteiger partial charge in [-0.2, -0.15) is 0 Å². The summed E-state index contributed by atoms with van der Waals surface area (Å²) in [6.07, 6.45) is 1.77. The molecule has 0 saturated carbocycles. The minimum absolute atomic E-state index is 0.224. The Labute approximate surface area is 139 Å². The van der Waals surface area contributed by atoms with E-state index in [9.17, 15) is 14.7 Å². The maximum atomic E-state index is 12.6. The first-order valence-corrected chi connectivity index (χ1v) is 8.11. The molecule has 116 valence electrons. The minimum Gasteiger partial charge on any atom is -0.480 e. The second-order valence-corrected chi connectivity index (χ2v) is 7.11. The molecule has 1 amide bonds. The molecule has 1 N–H and O–H groups in total. The van der Waals surface area contributed by atoms with Crippen molar-refractivity contribution in [2.75, 3.05) is 0 Å². The highest BCUT2D eigenvalue weighted by Gasteiger charge is 2.41. The van der Waals surface area contributed by atoms with Gasteiger partial charge in [0.2, 0.25) is 0 Å². The van der Waals surface area contributed by atoms with E-state index in [0.29, 0.717) is 9.23 Å². The van der Waals surface area contributed by atoms with Gasteiger partial charge in [0.15, 0.2) is 0 Å². The zero-order valence-corrected chi connectivity index (χ0v) is 14.2. The van der Waals surface area contributed by atoms with Crippen LogP contribution in [0, 0.1) is 12.8 Å². The fourth-order valence-electron chi connectivity index (χ4n) is 2.30. The van der Waals surface area contributed by atoms with E-state index < -0.39 is 12.0 Å². The summed E-state index contributed by atoms with van der Waals surface area (Å²) >= 11 is 6.38. The maximum absolute atomic E-state index is 12.6. The molecule has 6 heteroatoms. The van der Waals surface area contributed by atoms with Crippen LogP contribution in [0.15, 0.2) is 29.2 Å². The Bertz CT molecular complexity index is 667. The van der Waals surface area contributed by atoms with E-state index >= 15 is 0 Å². The number of thiocarbonyl (C=S) groups is 1. The highest BCUT2D eigenvalue weighted by molar-refractivity contribution is 8.26. The van der Waals surface area contributed by atoms with Crippen LogP contribution in [0.25, 0.3) is 6.08 Å². The van der Waals surface area contributed by atoms with Crippen LogP contribution < -0.4 is 0 Å². The molecule has 1 saturated heterocycles. The molecule has 0 spiro atoms. The lowest BCUT2D eigenvalue weighted by molar-refractivity contribution is -0.146. The highest BCUT2D eigenvalue weighted by atomic mass is 32.2. The number of hydrogen-bond acceptors (Lipinski definition) is 4. The number of aliphatic carboxylic acids is 1. The number of amides is 1. The van der Waals surface area contributed by atoms with Crippen LogP contribution in [0.3, 0.4) is 0 Å². The molecule has 0 unspecified atom stereocenters. The molecule has 0 bridgehead atoms. The summed E-state index contributed by atoms with van der Waals surface area (Å²) in [6.45, 7) is 5.49. The lowest BCUT2D eigenvalue weighted by atomic mass is 10.0. The molecule has 0 aliphatic carbocycles. The molecule has 1 atom stereocenters. The van der Waals surface area contributed by atoms with Gasteiger partial charge in [0.1, 0.15) is 10.4 Å². The summed E-state index contributed by atoms with van der Waals surface area (Å²) in [4.78, 5) is 25.7. The predicted molar refractivity (Wildman–Crippen MR) is 92.5 cm³/mol. The number of nitrogens with zero attached hydrogens (tertiary/aromatic N) is 1. The lowest BCUT2D eigenvalue weighted by Crippen LogP contribution is -2.47. The third-order valence-corrected chi connectivity index (χ3v) is 4.79. The molecule has 4 nitrogen and oxygen atoms in total. The summed E-state index contributed by atoms with van der Waals surface area (Å²) < 4.78 is 0.297. The maximum Gasteiger partial charge on any atom is 0.327 e. The Morgan fingerprint density at radius 2 is 2.00 bits per heavy atom. The van der Waals surface area contributed by atoms with Crippen molar-refractivity contribution in [3.05, 3.63) is 40.3 Å². The Morgan fingerprint density at radius 1 is 1.36 bits per heavy atom. The van der Waals surface area contributed by atoms with E-state index in [0.717, 1.165) is 22.9 Å². The largest absolute Gasteiger partial charge is 0.480 e. The second kappa shape index (κ2) is 6.62. The van der Waals surface area contributed by atoms with E-state index in [1.165, 1.54) is 4.90 Å². The molecule has 1 fully saturated rings. The number of aryl methyl sites for hydroxylation is 1. The number of carbonyl (C=O) groups is 2. The van der Waals surface area contributed by atoms with Gasteiger partial charge >= 0.3 is 5.97 Å². The number of benzene rings is 1. The van der Waals surface area contributed by atoms with Crippen molar-refractivity contribution in [3.63, 3.8) is 0 Å². The number of carbonyl (C=O) groups excluding carboxylic acids is 1. The molecule has 2 rings (SSSR count). The van der Waals surface area contributed by atoms with Crippen molar-refractivity contribution in [2.24, 2.45) is 5.92 Å². The number of hydrogen-bond donors (Lipinski definition) is 1. The van der Waals surface area contributed by atoms with E-state index in [2.05, 4.69) is 0 Å². The van der Waals surface area contributed by atoms with Crippen LogP contribution in [-0.2, 0) is 9.59 Å². The highest BCUT2D eigenvalue weighted by Crippen LogP contribution is 2.35. The molecule has 1 aliphatic rings. The zero-order chi connectivity index (χ0) is 16.4. The molecule has 1 aromatic rings. The zero-order valence-electron chi connectivity index (χ0n) is 12.6. The first-order valence-electron chi connectivity index (χ1n) is 6.88. The van der Waals surface area contributed by atoms with Crippen molar-refractivity contribution >= 4 is 46.3 Å². The quantitative estimate of drug-likeness (QED) is 0.676. The standard InChI is InChI=1S/C16H17NO3S2/c1-9(2)13(15(19)20)17-14(18)12(22-16(17)21)8-11-7-5-4-6-10(11)3/h4-9,13H,1-3H3,(H,19,20)/b12-8+/t13-/m0/s1. The van der Waals surface area contributed by atoms with Gasteiger partial charge in [-0.25, -0.2) is 4.79 Å². The van der Waals surface area contributed by atoms with Gasteiger partial charge < -0.3 is 5.11 Å². The average Bonchev–Trinajstić information content (AvgIpc) is 2.69. The molecule has 1 aromatic carbocycles. The van der Waals surface area contributed by atoms with Gasteiger partial charge in [-0.15, -0.1) is 0 Å². The molecule has 0 radical (unpaired) electrons. The molecular formula is C16H17NO3S2. The summed E-state index contributed by atoms with van der Waals surface area (Å²) in [5.41, 5.74) is 1.98. The van der Waals surface area contributed by atoms with Crippen LogP contribution in [0.2, 0.25) is 0 Å². The van der Waals surface area contributed by atoms with Gasteiger partial charge in [-0.1, -0.05) is 62.1 Å². The van der Waals surface area contributed by atoms with Crippen molar-refractivity contribution in [2.45, 2.75) is 26.8 Å². The van der Waals surface area contributed by atoms with Crippen molar-refractivity contribution in [3.8, 4) is 0 Å². The fourth-order valence-corrected chi connectivity index (χ4v) is 3.62. The van der Waals surface area contributed by atoms with Crippen LogP contribution in [0.1, 0.15) is 25.0 Å². The van der Waals surface area contributed by atoms with Crippen molar-refractivity contribution in [1.82, 2.24) is 4.90 Å². The SMILES string of the molecule is Cc1ccccc1/C=C1/SC(=S)N([C@H](C(=O)O)C(C)C)C1=O. The number of carboxylic acid groups (broad SMARTS) is 1. The van der Waals surface area contributed by atoms with Gasteiger partial charge in [0, 0.05) is 0 Å². The molecule has 22 heavy (non-hydrogen) atoms. The lowest BCUT2D eigenvalue weighted by Gasteiger charge is -2.26. The van der Waals surface area contributed by atoms with Gasteiger partial charge in [0.25, 0.3) is 5.91 Å². The normalized spacial score (nSPS) is 18.4. The third kappa shape index (κ3) is 3.23. The molecule has 0 aromatic heterocycles. The Hall–Kier alpha value is -1.66. The van der Waals surface area contributed by atoms with E-state index in [4.69, 9.17) is 12.2 Å². The minimum atomic E-state index is -1.04. The van der Waals surface area contributed by atoms with Crippen molar-refractivity contribution < 1.29 is 14.7 Å². The van der Waals surface area contributed by atoms with Crippen LogP contribution in [-0.4, -0.2) is 32.2 Å². The van der Waals surface area contributed by atoms with Crippen LogP contribution in [0.5, 0.6) is 0 Å². The summed E-state index contributed by atoms with van der Waals surface area (Å²) in [5.74, 6) is -1.60.